The van der Waals surface area contributed by atoms with Gasteiger partial charge >= 0.3 is 0 Å². The molecule has 0 spiro atoms. The number of allylic oxidation sites excluding steroid dienone is 4. The maximum Gasteiger partial charge on any atom is 0.229 e. The van der Waals surface area contributed by atoms with E-state index in [9.17, 15) is 13.6 Å². The monoisotopic (exact) mass is 412 g/mol. The number of aryl methyl sites for hydroxylation is 2. The maximum atomic E-state index is 14.0. The summed E-state index contributed by atoms with van der Waals surface area (Å²) in [5.41, 5.74) is 0.0363. The molecule has 4 rings (SSSR count). The van der Waals surface area contributed by atoms with E-state index in [2.05, 4.69) is 20.3 Å². The Hall–Kier alpha value is -3.16. The van der Waals surface area contributed by atoms with Crippen molar-refractivity contribution in [3.8, 4) is 5.75 Å². The number of anilines is 1. The molecule has 2 aromatic heterocycles. The second-order valence-electron chi connectivity index (χ2n) is 7.77. The van der Waals surface area contributed by atoms with Crippen molar-refractivity contribution in [3.05, 3.63) is 65.9 Å². The highest BCUT2D eigenvalue weighted by molar-refractivity contribution is 5.94. The first-order valence-electron chi connectivity index (χ1n) is 9.76. The molecule has 3 atom stereocenters. The van der Waals surface area contributed by atoms with Crippen LogP contribution < -0.4 is 10.1 Å². The molecule has 0 radical (unpaired) electrons. The molecular weight excluding hydrogens is 390 g/mol. The number of aromatic nitrogens is 3. The molecular formula is C22H22F2N4O2. The van der Waals surface area contributed by atoms with Crippen molar-refractivity contribution in [2.75, 3.05) is 11.9 Å². The van der Waals surface area contributed by atoms with Crippen LogP contribution in [0.15, 0.2) is 54.4 Å². The van der Waals surface area contributed by atoms with Gasteiger partial charge in [0.15, 0.2) is 11.6 Å². The number of amides is 1. The van der Waals surface area contributed by atoms with Gasteiger partial charge in [0.25, 0.3) is 0 Å². The molecule has 2 aliphatic carbocycles. The highest BCUT2D eigenvalue weighted by Crippen LogP contribution is 2.61. The Morgan fingerprint density at radius 1 is 1.30 bits per heavy atom. The number of rotatable bonds is 6. The number of hydrogen-bond donors (Lipinski definition) is 1. The number of hydrogen-bond acceptors (Lipinski definition) is 5. The summed E-state index contributed by atoms with van der Waals surface area (Å²) in [6.45, 7) is 3.77. The number of ether oxygens (including phenoxy) is 1. The van der Waals surface area contributed by atoms with Gasteiger partial charge in [-0.3, -0.25) is 4.79 Å². The van der Waals surface area contributed by atoms with Crippen LogP contribution in [0.1, 0.15) is 24.4 Å². The first-order chi connectivity index (χ1) is 14.4. The predicted octanol–water partition coefficient (Wildman–Crippen LogP) is 4.24. The van der Waals surface area contributed by atoms with Gasteiger partial charge in [0.05, 0.1) is 18.5 Å². The van der Waals surface area contributed by atoms with E-state index in [-0.39, 0.29) is 24.9 Å². The van der Waals surface area contributed by atoms with Crippen LogP contribution >= 0.6 is 0 Å². The fourth-order valence-electron chi connectivity index (χ4n) is 3.97. The Labute approximate surface area is 173 Å². The fraction of sp³-hybridized carbons (Fsp3) is 0.364. The van der Waals surface area contributed by atoms with Crippen LogP contribution in [0.4, 0.5) is 14.6 Å². The molecule has 0 bridgehead atoms. The van der Waals surface area contributed by atoms with Crippen LogP contribution in [0.3, 0.4) is 0 Å². The highest BCUT2D eigenvalue weighted by atomic mass is 19.2. The predicted molar refractivity (Wildman–Crippen MR) is 107 cm³/mol. The normalized spacial score (nSPS) is 25.2. The minimum atomic E-state index is -0.861. The smallest absolute Gasteiger partial charge is 0.229 e. The Balaban J connectivity index is 1.54. The third kappa shape index (κ3) is 3.94. The molecule has 1 saturated carbocycles. The zero-order valence-electron chi connectivity index (χ0n) is 16.7. The Morgan fingerprint density at radius 3 is 2.83 bits per heavy atom. The van der Waals surface area contributed by atoms with Crippen LogP contribution in [0.25, 0.3) is 0 Å². The van der Waals surface area contributed by atoms with Crippen molar-refractivity contribution in [3.63, 3.8) is 0 Å². The largest absolute Gasteiger partial charge is 0.489 e. The van der Waals surface area contributed by atoms with E-state index in [4.69, 9.17) is 4.74 Å². The molecule has 1 N–H and O–H groups in total. The lowest BCUT2D eigenvalue weighted by Gasteiger charge is -2.27. The van der Waals surface area contributed by atoms with Crippen molar-refractivity contribution in [1.29, 1.82) is 0 Å². The number of carbonyl (C=O) groups is 1. The van der Waals surface area contributed by atoms with E-state index in [0.717, 1.165) is 6.08 Å². The van der Waals surface area contributed by atoms with Gasteiger partial charge in [-0.25, -0.2) is 23.7 Å². The van der Waals surface area contributed by atoms with Crippen LogP contribution in [0, 0.1) is 31.1 Å². The quantitative estimate of drug-likeness (QED) is 0.768. The molecule has 0 aliphatic heterocycles. The standard InChI is InChI=1S/C22H22F2N4O2/c1-13-19(11-26-14(2)27-13)30-12-22(15-6-7-17(23)18(24)9-15)10-16(22)21(29)28-20-5-3-4-8-25-20/h3-8,11,15-16H,9-10,12H2,1-2H3,(H,25,28,29)/t15?,16-,22+/m0/s1. The van der Waals surface area contributed by atoms with Crippen LogP contribution in [-0.4, -0.2) is 27.5 Å². The fourth-order valence-corrected chi connectivity index (χ4v) is 3.97. The summed E-state index contributed by atoms with van der Waals surface area (Å²) in [6.07, 6.45) is 6.36. The molecule has 30 heavy (non-hydrogen) atoms. The van der Waals surface area contributed by atoms with Gasteiger partial charge in [-0.2, -0.15) is 0 Å². The molecule has 6 nitrogen and oxygen atoms in total. The van der Waals surface area contributed by atoms with E-state index in [1.54, 1.807) is 43.6 Å². The van der Waals surface area contributed by atoms with Crippen molar-refractivity contribution >= 4 is 11.7 Å². The average Bonchev–Trinajstić information content (AvgIpc) is 3.46. The van der Waals surface area contributed by atoms with Crippen molar-refractivity contribution < 1.29 is 18.3 Å². The summed E-state index contributed by atoms with van der Waals surface area (Å²) in [4.78, 5) is 25.4. The van der Waals surface area contributed by atoms with E-state index >= 15 is 0 Å². The van der Waals surface area contributed by atoms with Crippen LogP contribution in [0.5, 0.6) is 5.75 Å². The van der Waals surface area contributed by atoms with Gasteiger partial charge in [-0.1, -0.05) is 12.1 Å². The number of nitrogens with zero attached hydrogens (tertiary/aromatic N) is 3. The summed E-state index contributed by atoms with van der Waals surface area (Å²) >= 11 is 0. The number of halogens is 2. The lowest BCUT2D eigenvalue weighted by Crippen LogP contribution is -2.30. The Bertz CT molecular complexity index is 1030. The second-order valence-corrected chi connectivity index (χ2v) is 7.77. The van der Waals surface area contributed by atoms with Crippen LogP contribution in [-0.2, 0) is 4.79 Å². The molecule has 0 saturated heterocycles. The Kier molecular flexibility index (Phi) is 5.32. The average molecular weight is 412 g/mol. The van der Waals surface area contributed by atoms with Crippen molar-refractivity contribution in [1.82, 2.24) is 15.0 Å². The van der Waals surface area contributed by atoms with E-state index < -0.39 is 23.0 Å². The van der Waals surface area contributed by atoms with Gasteiger partial charge in [0, 0.05) is 24.0 Å². The topological polar surface area (TPSA) is 77.0 Å². The van der Waals surface area contributed by atoms with E-state index in [1.165, 1.54) is 0 Å². The lowest BCUT2D eigenvalue weighted by atomic mass is 9.82. The van der Waals surface area contributed by atoms with Gasteiger partial charge in [-0.15, -0.1) is 0 Å². The molecule has 0 aromatic carbocycles. The summed E-state index contributed by atoms with van der Waals surface area (Å²) in [5.74, 6) is -1.05. The summed E-state index contributed by atoms with van der Waals surface area (Å²) in [5, 5.41) is 2.80. The molecule has 1 amide bonds. The molecule has 1 fully saturated rings. The minimum Gasteiger partial charge on any atom is -0.489 e. The first-order valence-corrected chi connectivity index (χ1v) is 9.76. The van der Waals surface area contributed by atoms with E-state index in [1.807, 2.05) is 6.92 Å². The molecule has 156 valence electrons. The summed E-state index contributed by atoms with van der Waals surface area (Å²) < 4.78 is 33.5. The molecule has 2 aliphatic rings. The second kappa shape index (κ2) is 7.93. The third-order valence-corrected chi connectivity index (χ3v) is 5.77. The minimum absolute atomic E-state index is 0.0948. The third-order valence-electron chi connectivity index (χ3n) is 5.77. The van der Waals surface area contributed by atoms with Gasteiger partial charge < -0.3 is 10.1 Å². The van der Waals surface area contributed by atoms with Crippen LogP contribution in [0.2, 0.25) is 0 Å². The maximum absolute atomic E-state index is 14.0. The first kappa shape index (κ1) is 20.1. The summed E-state index contributed by atoms with van der Waals surface area (Å²) in [6, 6.07) is 5.23. The van der Waals surface area contributed by atoms with Gasteiger partial charge in [-0.05, 0) is 44.4 Å². The molecule has 2 heterocycles. The number of nitrogens with one attached hydrogen (secondary N) is 1. The summed E-state index contributed by atoms with van der Waals surface area (Å²) in [7, 11) is 0. The Morgan fingerprint density at radius 2 is 2.13 bits per heavy atom. The lowest BCUT2D eigenvalue weighted by molar-refractivity contribution is -0.118. The molecule has 1 unspecified atom stereocenters. The van der Waals surface area contributed by atoms with Gasteiger partial charge in [0.2, 0.25) is 5.91 Å². The van der Waals surface area contributed by atoms with Crippen molar-refractivity contribution in [2.45, 2.75) is 26.7 Å². The molecule has 2 aromatic rings. The van der Waals surface area contributed by atoms with E-state index in [0.29, 0.717) is 29.5 Å². The SMILES string of the molecule is Cc1ncc(OC[C@@]2(C3C=CC(F)=C(F)C3)C[C@H]2C(=O)Nc2ccccn2)c(C)n1. The number of pyridine rings is 1. The highest BCUT2D eigenvalue weighted by Gasteiger charge is 2.62. The zero-order valence-corrected chi connectivity index (χ0v) is 16.7. The number of carbonyl (C=O) groups excluding carboxylic acids is 1. The zero-order chi connectivity index (χ0) is 21.3. The van der Waals surface area contributed by atoms with Gasteiger partial charge in [0.1, 0.15) is 17.5 Å². The molecule has 8 heteroatoms. The van der Waals surface area contributed by atoms with Crippen molar-refractivity contribution in [2.24, 2.45) is 17.3 Å².